The van der Waals surface area contributed by atoms with E-state index in [1.54, 1.807) is 6.92 Å². The van der Waals surface area contributed by atoms with Gasteiger partial charge in [-0.25, -0.2) is 9.97 Å². The van der Waals surface area contributed by atoms with Crippen LogP contribution in [0.25, 0.3) is 0 Å². The van der Waals surface area contributed by atoms with Gasteiger partial charge < -0.3 is 10.0 Å². The van der Waals surface area contributed by atoms with Gasteiger partial charge in [0.15, 0.2) is 0 Å². The van der Waals surface area contributed by atoms with Crippen LogP contribution in [0.15, 0.2) is 6.07 Å². The van der Waals surface area contributed by atoms with Gasteiger partial charge in [-0.3, -0.25) is 0 Å². The van der Waals surface area contributed by atoms with Crippen LogP contribution in [0.3, 0.4) is 0 Å². The zero-order valence-corrected chi connectivity index (χ0v) is 11.2. The highest BCUT2D eigenvalue weighted by Crippen LogP contribution is 2.10. The molecule has 0 aromatic carbocycles. The number of aliphatic hydroxyl groups is 1. The Morgan fingerprint density at radius 2 is 1.88 bits per heavy atom. The lowest BCUT2D eigenvalue weighted by atomic mass is 10.3. The fourth-order valence-electron chi connectivity index (χ4n) is 1.38. The maximum absolute atomic E-state index is 9.24. The molecule has 16 heavy (non-hydrogen) atoms. The average Bonchev–Trinajstić information content (AvgIpc) is 2.18. The van der Waals surface area contributed by atoms with Crippen LogP contribution in [0.4, 0.5) is 5.82 Å². The third kappa shape index (κ3) is 5.07. The highest BCUT2D eigenvalue weighted by molar-refractivity contribution is 5.38. The van der Waals surface area contributed by atoms with Gasteiger partial charge in [0.1, 0.15) is 11.6 Å². The van der Waals surface area contributed by atoms with E-state index in [9.17, 15) is 5.11 Å². The van der Waals surface area contributed by atoms with Gasteiger partial charge in [-0.2, -0.15) is 0 Å². The fraction of sp³-hybridized carbons (Fsp3) is 0.667. The molecule has 1 N–H and O–H groups in total. The maximum Gasteiger partial charge on any atom is 0.132 e. The summed E-state index contributed by atoms with van der Waals surface area (Å²) in [6, 6.07) is 1.91. The molecule has 0 fully saturated rings. The summed E-state index contributed by atoms with van der Waals surface area (Å²) in [6.45, 7) is 10.1. The van der Waals surface area contributed by atoms with E-state index in [0.717, 1.165) is 17.3 Å². The molecule has 1 rings (SSSR count). The van der Waals surface area contributed by atoms with Crippen molar-refractivity contribution in [1.82, 2.24) is 9.97 Å². The summed E-state index contributed by atoms with van der Waals surface area (Å²) in [4.78, 5) is 10.4. The Kier molecular flexibility index (Phi) is 6.65. The molecule has 1 atom stereocenters. The summed E-state index contributed by atoms with van der Waals surface area (Å²) >= 11 is 0. The minimum Gasteiger partial charge on any atom is -0.392 e. The molecule has 0 aliphatic rings. The number of likely N-dealkylation sites (N-methyl/N-ethyl adjacent to an activating group) is 1. The molecular formula is C12H23N3O. The van der Waals surface area contributed by atoms with Gasteiger partial charge >= 0.3 is 0 Å². The van der Waals surface area contributed by atoms with E-state index in [2.05, 4.69) is 9.97 Å². The summed E-state index contributed by atoms with van der Waals surface area (Å²) in [7, 11) is 1.91. The number of aliphatic hydroxyl groups excluding tert-OH is 1. The smallest absolute Gasteiger partial charge is 0.132 e. The first-order valence-electron chi connectivity index (χ1n) is 5.70. The van der Waals surface area contributed by atoms with E-state index in [1.165, 1.54) is 0 Å². The van der Waals surface area contributed by atoms with Gasteiger partial charge in [0.05, 0.1) is 6.10 Å². The third-order valence-corrected chi connectivity index (χ3v) is 1.88. The van der Waals surface area contributed by atoms with Gasteiger partial charge in [0, 0.05) is 25.4 Å². The zero-order valence-electron chi connectivity index (χ0n) is 11.2. The quantitative estimate of drug-likeness (QED) is 0.854. The Labute approximate surface area is 98.4 Å². The Morgan fingerprint density at radius 3 is 2.31 bits per heavy atom. The van der Waals surface area contributed by atoms with Crippen molar-refractivity contribution >= 4 is 5.82 Å². The van der Waals surface area contributed by atoms with Gasteiger partial charge in [-0.05, 0) is 20.8 Å². The van der Waals surface area contributed by atoms with E-state index in [0.29, 0.717) is 6.54 Å². The number of rotatable bonds is 3. The predicted octanol–water partition coefficient (Wildman–Crippen LogP) is 1.94. The van der Waals surface area contributed by atoms with Crippen molar-refractivity contribution in [1.29, 1.82) is 0 Å². The van der Waals surface area contributed by atoms with Crippen molar-refractivity contribution in [2.45, 2.75) is 40.7 Å². The molecule has 0 amide bonds. The molecule has 0 saturated heterocycles. The van der Waals surface area contributed by atoms with Crippen molar-refractivity contribution in [2.75, 3.05) is 18.5 Å². The normalized spacial score (nSPS) is 11.4. The standard InChI is InChI=1S/C10H17N3O.C2H6/c1-7-5-10(12-9(3)11-7)13(4)6-8(2)14;1-2/h5,8,14H,6H2,1-4H3;1-2H3. The van der Waals surface area contributed by atoms with Crippen LogP contribution in [0.2, 0.25) is 0 Å². The third-order valence-electron chi connectivity index (χ3n) is 1.88. The number of aromatic nitrogens is 2. The second kappa shape index (κ2) is 7.17. The second-order valence-corrected chi connectivity index (χ2v) is 3.64. The number of anilines is 1. The first-order chi connectivity index (χ1) is 7.49. The van der Waals surface area contributed by atoms with Crippen LogP contribution in [-0.4, -0.2) is 34.8 Å². The SMILES string of the molecule is CC.Cc1cc(N(C)CC(C)O)nc(C)n1. The predicted molar refractivity (Wildman–Crippen MR) is 67.8 cm³/mol. The summed E-state index contributed by atoms with van der Waals surface area (Å²) in [5.41, 5.74) is 0.949. The fourth-order valence-corrected chi connectivity index (χ4v) is 1.38. The molecule has 1 aromatic heterocycles. The number of hydrogen-bond donors (Lipinski definition) is 1. The highest BCUT2D eigenvalue weighted by atomic mass is 16.3. The zero-order chi connectivity index (χ0) is 12.7. The van der Waals surface area contributed by atoms with Gasteiger partial charge in [0.25, 0.3) is 0 Å². The first-order valence-corrected chi connectivity index (χ1v) is 5.70. The minimum absolute atomic E-state index is 0.351. The van der Waals surface area contributed by atoms with E-state index >= 15 is 0 Å². The molecule has 1 aromatic rings. The molecular weight excluding hydrogens is 202 g/mol. The van der Waals surface area contributed by atoms with Crippen molar-refractivity contribution < 1.29 is 5.11 Å². The Balaban J connectivity index is 0.00000106. The summed E-state index contributed by atoms with van der Waals surface area (Å²) in [5.74, 6) is 1.62. The van der Waals surface area contributed by atoms with Crippen molar-refractivity contribution in [3.63, 3.8) is 0 Å². The molecule has 0 saturated carbocycles. The monoisotopic (exact) mass is 225 g/mol. The van der Waals surface area contributed by atoms with E-state index < -0.39 is 0 Å². The van der Waals surface area contributed by atoms with Crippen LogP contribution >= 0.6 is 0 Å². The molecule has 0 radical (unpaired) electrons. The Morgan fingerprint density at radius 1 is 1.31 bits per heavy atom. The lowest BCUT2D eigenvalue weighted by Crippen LogP contribution is -2.27. The van der Waals surface area contributed by atoms with Crippen LogP contribution in [0.5, 0.6) is 0 Å². The molecule has 0 aliphatic carbocycles. The van der Waals surface area contributed by atoms with Gasteiger partial charge in [-0.15, -0.1) is 0 Å². The molecule has 1 heterocycles. The highest BCUT2D eigenvalue weighted by Gasteiger charge is 2.06. The first kappa shape index (κ1) is 14.8. The number of aryl methyl sites for hydroxylation is 2. The maximum atomic E-state index is 9.24. The molecule has 0 bridgehead atoms. The second-order valence-electron chi connectivity index (χ2n) is 3.64. The van der Waals surface area contributed by atoms with Crippen LogP contribution in [0.1, 0.15) is 32.3 Å². The summed E-state index contributed by atoms with van der Waals surface area (Å²) < 4.78 is 0. The van der Waals surface area contributed by atoms with Crippen molar-refractivity contribution in [3.05, 3.63) is 17.6 Å². The number of nitrogens with zero attached hydrogens (tertiary/aromatic N) is 3. The van der Waals surface area contributed by atoms with Gasteiger partial charge in [-0.1, -0.05) is 13.8 Å². The van der Waals surface area contributed by atoms with Crippen molar-refractivity contribution in [2.24, 2.45) is 0 Å². The van der Waals surface area contributed by atoms with E-state index in [4.69, 9.17) is 0 Å². The van der Waals surface area contributed by atoms with Crippen molar-refractivity contribution in [3.8, 4) is 0 Å². The minimum atomic E-state index is -0.351. The topological polar surface area (TPSA) is 49.2 Å². The molecule has 4 heteroatoms. The Bertz CT molecular complexity index is 293. The average molecular weight is 225 g/mol. The Hall–Kier alpha value is -1.16. The number of hydrogen-bond acceptors (Lipinski definition) is 4. The molecule has 92 valence electrons. The van der Waals surface area contributed by atoms with Gasteiger partial charge in [0.2, 0.25) is 0 Å². The summed E-state index contributed by atoms with van der Waals surface area (Å²) in [5, 5.41) is 9.24. The van der Waals surface area contributed by atoms with E-state index in [1.807, 2.05) is 45.7 Å². The summed E-state index contributed by atoms with van der Waals surface area (Å²) in [6.07, 6.45) is -0.351. The molecule has 0 aliphatic heterocycles. The lowest BCUT2D eigenvalue weighted by Gasteiger charge is -2.20. The molecule has 0 spiro atoms. The van der Waals surface area contributed by atoms with Crippen LogP contribution < -0.4 is 4.90 Å². The largest absolute Gasteiger partial charge is 0.392 e. The van der Waals surface area contributed by atoms with Crippen LogP contribution in [0, 0.1) is 13.8 Å². The van der Waals surface area contributed by atoms with E-state index in [-0.39, 0.29) is 6.10 Å². The van der Waals surface area contributed by atoms with Crippen LogP contribution in [-0.2, 0) is 0 Å². The lowest BCUT2D eigenvalue weighted by molar-refractivity contribution is 0.201. The molecule has 1 unspecified atom stereocenters. The molecule has 4 nitrogen and oxygen atoms in total.